The molecule has 0 radical (unpaired) electrons. The van der Waals surface area contributed by atoms with Crippen LogP contribution in [0.4, 0.5) is 13.2 Å². The molecular weight excluding hydrogens is 351 g/mol. The van der Waals surface area contributed by atoms with Crippen molar-refractivity contribution in [2.24, 2.45) is 0 Å². The number of fused-ring (bicyclic) bond motifs is 2. The summed E-state index contributed by atoms with van der Waals surface area (Å²) in [5.74, 6) is 0. The lowest BCUT2D eigenvalue weighted by Gasteiger charge is -2.22. The molecule has 130 valence electrons. The van der Waals surface area contributed by atoms with Gasteiger partial charge in [0.1, 0.15) is 0 Å². The van der Waals surface area contributed by atoms with Gasteiger partial charge >= 0.3 is 6.18 Å². The Morgan fingerprint density at radius 1 is 1.24 bits per heavy atom. The second kappa shape index (κ2) is 5.94. The lowest BCUT2D eigenvalue weighted by Crippen LogP contribution is -2.17. The molecule has 1 N–H and O–H groups in total. The molecule has 1 aliphatic rings. The summed E-state index contributed by atoms with van der Waals surface area (Å²) in [6.45, 7) is 0. The normalized spacial score (nSPS) is 18.9. The second-order valence-electron chi connectivity index (χ2n) is 6.00. The molecule has 1 aliphatic carbocycles. The maximum absolute atomic E-state index is 13.0. The van der Waals surface area contributed by atoms with Gasteiger partial charge in [-0.1, -0.05) is 6.07 Å². The maximum Gasteiger partial charge on any atom is 0.416 e. The number of aromatic amines is 1. The van der Waals surface area contributed by atoms with Crippen molar-refractivity contribution in [2.45, 2.75) is 35.8 Å². The number of nitrogens with one attached hydrogen (secondary N) is 1. The average molecular weight is 365 g/mol. The first-order valence-electron chi connectivity index (χ1n) is 7.85. The predicted molar refractivity (Wildman–Crippen MR) is 87.4 cm³/mol. The molecule has 0 saturated carbocycles. The third-order valence-electron chi connectivity index (χ3n) is 4.38. The van der Waals surface area contributed by atoms with Crippen LogP contribution in [0.3, 0.4) is 0 Å². The van der Waals surface area contributed by atoms with Gasteiger partial charge < -0.3 is 4.98 Å². The van der Waals surface area contributed by atoms with Crippen molar-refractivity contribution in [2.75, 3.05) is 0 Å². The standard InChI is InChI=1S/C17H14F3N3OS/c18-17(19,20)11-6-7-12-13(9-11)23-16(22-12)25(24)14-5-1-3-10-4-2-8-21-15(10)14/h2,4,6-9,14H,1,3,5H2,(H,22,23). The lowest BCUT2D eigenvalue weighted by atomic mass is 9.96. The topological polar surface area (TPSA) is 58.6 Å². The third kappa shape index (κ3) is 2.95. The second-order valence-corrected chi connectivity index (χ2v) is 7.55. The first-order chi connectivity index (χ1) is 11.9. The van der Waals surface area contributed by atoms with Crippen molar-refractivity contribution in [3.05, 3.63) is 53.3 Å². The summed E-state index contributed by atoms with van der Waals surface area (Å²) in [4.78, 5) is 11.4. The zero-order valence-corrected chi connectivity index (χ0v) is 13.8. The Hall–Kier alpha value is -2.22. The average Bonchev–Trinajstić information content (AvgIpc) is 3.03. The molecule has 2 aromatic heterocycles. The fourth-order valence-corrected chi connectivity index (χ4v) is 4.63. The van der Waals surface area contributed by atoms with E-state index in [9.17, 15) is 17.4 Å². The number of benzene rings is 1. The molecule has 0 saturated heterocycles. The van der Waals surface area contributed by atoms with Crippen LogP contribution in [-0.4, -0.2) is 19.2 Å². The van der Waals surface area contributed by atoms with Crippen molar-refractivity contribution in [3.8, 4) is 0 Å². The van der Waals surface area contributed by atoms with Crippen molar-refractivity contribution in [3.63, 3.8) is 0 Å². The lowest BCUT2D eigenvalue weighted by molar-refractivity contribution is -0.137. The van der Waals surface area contributed by atoms with Gasteiger partial charge in [0, 0.05) is 6.20 Å². The fraction of sp³-hybridized carbons (Fsp3) is 0.294. The number of nitrogens with zero attached hydrogens (tertiary/aromatic N) is 2. The summed E-state index contributed by atoms with van der Waals surface area (Å²) in [6.07, 6.45) is -0.256. The van der Waals surface area contributed by atoms with Crippen LogP contribution in [-0.2, 0) is 23.4 Å². The van der Waals surface area contributed by atoms with Gasteiger partial charge in [0.15, 0.2) is 5.16 Å². The molecule has 2 atom stereocenters. The summed E-state index contributed by atoms with van der Waals surface area (Å²) in [7, 11) is -1.50. The highest BCUT2D eigenvalue weighted by atomic mass is 32.2. The summed E-state index contributed by atoms with van der Waals surface area (Å²) < 4.78 is 51.5. The number of aromatic nitrogens is 3. The molecule has 0 fully saturated rings. The number of halogens is 3. The molecule has 4 rings (SSSR count). The van der Waals surface area contributed by atoms with Crippen LogP contribution in [0.25, 0.3) is 11.0 Å². The van der Waals surface area contributed by atoms with Crippen LogP contribution >= 0.6 is 0 Å². The Kier molecular flexibility index (Phi) is 3.87. The minimum absolute atomic E-state index is 0.192. The zero-order chi connectivity index (χ0) is 17.6. The summed E-state index contributed by atoms with van der Waals surface area (Å²) in [5.41, 5.74) is 1.71. The van der Waals surface area contributed by atoms with Crippen LogP contribution in [0.15, 0.2) is 41.7 Å². The molecule has 0 spiro atoms. The van der Waals surface area contributed by atoms with Crippen molar-refractivity contribution in [1.82, 2.24) is 15.0 Å². The highest BCUT2D eigenvalue weighted by Gasteiger charge is 2.32. The van der Waals surface area contributed by atoms with Crippen LogP contribution in [0.2, 0.25) is 0 Å². The first-order valence-corrected chi connectivity index (χ1v) is 9.06. The number of imidazole rings is 1. The molecule has 0 bridgehead atoms. The largest absolute Gasteiger partial charge is 0.416 e. The van der Waals surface area contributed by atoms with E-state index in [1.165, 1.54) is 6.07 Å². The van der Waals surface area contributed by atoms with Gasteiger partial charge in [-0.05, 0) is 49.1 Å². The van der Waals surface area contributed by atoms with Gasteiger partial charge in [-0.25, -0.2) is 4.98 Å². The van der Waals surface area contributed by atoms with Gasteiger partial charge in [0.25, 0.3) is 0 Å². The van der Waals surface area contributed by atoms with Crippen LogP contribution < -0.4 is 0 Å². The molecule has 2 unspecified atom stereocenters. The van der Waals surface area contributed by atoms with Crippen molar-refractivity contribution >= 4 is 21.8 Å². The number of rotatable bonds is 2. The molecule has 8 heteroatoms. The molecule has 0 amide bonds. The number of H-pyrrole nitrogens is 1. The Balaban J connectivity index is 1.72. The maximum atomic E-state index is 13.0. The molecular formula is C17H14F3N3OS. The number of pyridine rings is 1. The monoisotopic (exact) mass is 365 g/mol. The van der Waals surface area contributed by atoms with Gasteiger partial charge in [-0.2, -0.15) is 13.2 Å². The summed E-state index contributed by atoms with van der Waals surface area (Å²) in [5, 5.41) is -0.106. The minimum Gasteiger partial charge on any atom is -0.331 e. The number of alkyl halides is 3. The van der Waals surface area contributed by atoms with E-state index in [0.717, 1.165) is 36.2 Å². The van der Waals surface area contributed by atoms with E-state index in [-0.39, 0.29) is 15.9 Å². The van der Waals surface area contributed by atoms with E-state index in [1.54, 1.807) is 6.20 Å². The van der Waals surface area contributed by atoms with E-state index < -0.39 is 22.5 Å². The van der Waals surface area contributed by atoms with Crippen LogP contribution in [0, 0.1) is 0 Å². The smallest absolute Gasteiger partial charge is 0.331 e. The quantitative estimate of drug-likeness (QED) is 0.742. The van der Waals surface area contributed by atoms with Crippen LogP contribution in [0.1, 0.15) is 34.9 Å². The molecule has 2 heterocycles. The first kappa shape index (κ1) is 16.3. The summed E-state index contributed by atoms with van der Waals surface area (Å²) in [6, 6.07) is 7.09. The van der Waals surface area contributed by atoms with Crippen molar-refractivity contribution in [1.29, 1.82) is 0 Å². The predicted octanol–water partition coefficient (Wildman–Crippen LogP) is 4.16. The number of hydrogen-bond donors (Lipinski definition) is 1. The van der Waals surface area contributed by atoms with Gasteiger partial charge in [0.05, 0.1) is 38.3 Å². The van der Waals surface area contributed by atoms with E-state index in [1.807, 2.05) is 12.1 Å². The third-order valence-corrected chi connectivity index (χ3v) is 5.93. The van der Waals surface area contributed by atoms with Gasteiger partial charge in [-0.3, -0.25) is 9.19 Å². The van der Waals surface area contributed by atoms with E-state index in [2.05, 4.69) is 15.0 Å². The summed E-state index contributed by atoms with van der Waals surface area (Å²) >= 11 is 0. The van der Waals surface area contributed by atoms with Gasteiger partial charge in [0.2, 0.25) is 0 Å². The highest BCUT2D eigenvalue weighted by molar-refractivity contribution is 7.85. The molecule has 3 aromatic rings. The molecule has 1 aromatic carbocycles. The Labute approximate surface area is 144 Å². The van der Waals surface area contributed by atoms with Gasteiger partial charge in [-0.15, -0.1) is 0 Å². The van der Waals surface area contributed by atoms with Crippen molar-refractivity contribution < 1.29 is 17.4 Å². The Morgan fingerprint density at radius 2 is 2.08 bits per heavy atom. The van der Waals surface area contributed by atoms with E-state index in [4.69, 9.17) is 0 Å². The number of aryl methyl sites for hydroxylation is 1. The molecule has 25 heavy (non-hydrogen) atoms. The molecule has 0 aliphatic heterocycles. The van der Waals surface area contributed by atoms with E-state index >= 15 is 0 Å². The Morgan fingerprint density at radius 3 is 2.88 bits per heavy atom. The highest BCUT2D eigenvalue weighted by Crippen LogP contribution is 2.35. The zero-order valence-electron chi connectivity index (χ0n) is 13.0. The Bertz CT molecular complexity index is 967. The van der Waals surface area contributed by atoms with E-state index in [0.29, 0.717) is 11.9 Å². The fourth-order valence-electron chi connectivity index (χ4n) is 3.17. The SMILES string of the molecule is O=S(c1nc2ccc(C(F)(F)F)cc2[nH]1)C1CCCc2cccnc21. The minimum atomic E-state index is -4.43. The molecule has 4 nitrogen and oxygen atoms in total. The van der Waals surface area contributed by atoms with Crippen LogP contribution in [0.5, 0.6) is 0 Å². The number of hydrogen-bond acceptors (Lipinski definition) is 3.